The molecule has 27 heavy (non-hydrogen) atoms. The van der Waals surface area contributed by atoms with Crippen LogP contribution in [-0.2, 0) is 6.18 Å². The van der Waals surface area contributed by atoms with Gasteiger partial charge in [0.2, 0.25) is 5.95 Å². The predicted molar refractivity (Wildman–Crippen MR) is 91.5 cm³/mol. The second kappa shape index (κ2) is 5.86. The van der Waals surface area contributed by atoms with Crippen molar-refractivity contribution < 1.29 is 22.0 Å². The maximum Gasteiger partial charge on any atom is 0.416 e. The summed E-state index contributed by atoms with van der Waals surface area (Å²) in [5, 5.41) is 3.14. The Kier molecular flexibility index (Phi) is 3.72. The van der Waals surface area contributed by atoms with Crippen LogP contribution in [0.5, 0.6) is 0 Å². The van der Waals surface area contributed by atoms with Crippen LogP contribution < -0.4 is 10.7 Å². The second-order valence-corrected chi connectivity index (χ2v) is 5.83. The number of hydrogen-bond donors (Lipinski definition) is 3. The van der Waals surface area contributed by atoms with Gasteiger partial charge in [-0.3, -0.25) is 0 Å². The lowest BCUT2D eigenvalue weighted by Gasteiger charge is -2.09. The van der Waals surface area contributed by atoms with E-state index in [1.807, 2.05) is 0 Å². The molecule has 0 aliphatic rings. The number of aromatic amines is 1. The number of halogens is 5. The van der Waals surface area contributed by atoms with E-state index in [4.69, 9.17) is 0 Å². The van der Waals surface area contributed by atoms with Crippen molar-refractivity contribution in [3.8, 4) is 0 Å². The minimum absolute atomic E-state index is 0.102. The number of benzene rings is 2. The summed E-state index contributed by atoms with van der Waals surface area (Å²) in [5.74, 6) is -1.34. The standard InChI is InChI=1S/C17H12F5N5/c1-23-27-14-3-2-8(17(20,21)22)4-12(14)25-16(27)26-13-7-24-15-10(13)5-9(18)6-11(15)19/h2-7,23-24H,1H3,(H,25,26). The largest absolute Gasteiger partial charge is 0.416 e. The summed E-state index contributed by atoms with van der Waals surface area (Å²) in [5.41, 5.74) is 2.94. The van der Waals surface area contributed by atoms with E-state index >= 15 is 0 Å². The SMILES string of the molecule is CNn1c(Nc2c[nH]c3c(F)cc(F)cc23)nc2cc(C(F)(F)F)ccc21. The maximum absolute atomic E-state index is 13.8. The van der Waals surface area contributed by atoms with Crippen molar-refractivity contribution >= 4 is 33.6 Å². The Labute approximate surface area is 148 Å². The van der Waals surface area contributed by atoms with E-state index in [0.29, 0.717) is 11.2 Å². The molecule has 2 aromatic carbocycles. The van der Waals surface area contributed by atoms with Crippen LogP contribution in [-0.4, -0.2) is 21.7 Å². The highest BCUT2D eigenvalue weighted by Gasteiger charge is 2.31. The van der Waals surface area contributed by atoms with E-state index in [0.717, 1.165) is 24.3 Å². The van der Waals surface area contributed by atoms with Crippen molar-refractivity contribution in [1.82, 2.24) is 14.6 Å². The van der Waals surface area contributed by atoms with Crippen LogP contribution in [0, 0.1) is 11.6 Å². The topological polar surface area (TPSA) is 57.7 Å². The first-order chi connectivity index (χ1) is 12.8. The van der Waals surface area contributed by atoms with Gasteiger partial charge < -0.3 is 15.7 Å². The monoisotopic (exact) mass is 381 g/mol. The zero-order valence-electron chi connectivity index (χ0n) is 13.7. The number of imidazole rings is 1. The van der Waals surface area contributed by atoms with E-state index < -0.39 is 23.4 Å². The molecule has 0 radical (unpaired) electrons. The fourth-order valence-corrected chi connectivity index (χ4v) is 2.95. The maximum atomic E-state index is 13.8. The number of aromatic nitrogens is 3. The lowest BCUT2D eigenvalue weighted by molar-refractivity contribution is -0.137. The number of hydrogen-bond acceptors (Lipinski definition) is 3. The fraction of sp³-hybridized carbons (Fsp3) is 0.118. The van der Waals surface area contributed by atoms with Gasteiger partial charge in [0.1, 0.15) is 11.6 Å². The molecular formula is C17H12F5N5. The molecule has 5 nitrogen and oxygen atoms in total. The smallest absolute Gasteiger partial charge is 0.357 e. The molecule has 3 N–H and O–H groups in total. The van der Waals surface area contributed by atoms with Crippen LogP contribution >= 0.6 is 0 Å². The Hall–Kier alpha value is -3.30. The van der Waals surface area contributed by atoms with Gasteiger partial charge in [-0.1, -0.05) is 0 Å². The summed E-state index contributed by atoms with van der Waals surface area (Å²) in [7, 11) is 1.57. The molecule has 0 saturated heterocycles. The highest BCUT2D eigenvalue weighted by atomic mass is 19.4. The average Bonchev–Trinajstić information content (AvgIpc) is 3.14. The average molecular weight is 381 g/mol. The van der Waals surface area contributed by atoms with Crippen LogP contribution in [0.2, 0.25) is 0 Å². The van der Waals surface area contributed by atoms with Crippen molar-refractivity contribution in [3.05, 3.63) is 53.7 Å². The second-order valence-electron chi connectivity index (χ2n) is 5.83. The number of alkyl halides is 3. The van der Waals surface area contributed by atoms with Gasteiger partial charge in [-0.15, -0.1) is 0 Å². The molecule has 0 fully saturated rings. The third kappa shape index (κ3) is 2.82. The molecule has 4 aromatic rings. The third-order valence-corrected chi connectivity index (χ3v) is 4.16. The zero-order chi connectivity index (χ0) is 19.3. The highest BCUT2D eigenvalue weighted by Crippen LogP contribution is 2.33. The van der Waals surface area contributed by atoms with Crippen molar-refractivity contribution in [3.63, 3.8) is 0 Å². The van der Waals surface area contributed by atoms with Gasteiger partial charge in [0.15, 0.2) is 0 Å². The van der Waals surface area contributed by atoms with Gasteiger partial charge in [0.05, 0.1) is 27.8 Å². The number of anilines is 2. The third-order valence-electron chi connectivity index (χ3n) is 4.16. The minimum atomic E-state index is -4.49. The van der Waals surface area contributed by atoms with Crippen LogP contribution in [0.15, 0.2) is 36.5 Å². The van der Waals surface area contributed by atoms with Gasteiger partial charge in [0, 0.05) is 24.7 Å². The summed E-state index contributed by atoms with van der Waals surface area (Å²) < 4.78 is 67.6. The van der Waals surface area contributed by atoms with Crippen LogP contribution in [0.25, 0.3) is 21.9 Å². The van der Waals surface area contributed by atoms with E-state index in [1.165, 1.54) is 16.9 Å². The number of nitrogens with zero attached hydrogens (tertiary/aromatic N) is 2. The van der Waals surface area contributed by atoms with Gasteiger partial charge in [-0.25, -0.2) is 18.4 Å². The molecule has 140 valence electrons. The quantitative estimate of drug-likeness (QED) is 0.450. The predicted octanol–water partition coefficient (Wildman–Crippen LogP) is 4.73. The molecular weight excluding hydrogens is 369 g/mol. The first-order valence-electron chi connectivity index (χ1n) is 7.78. The Bertz CT molecular complexity index is 1160. The van der Waals surface area contributed by atoms with E-state index in [9.17, 15) is 22.0 Å². The van der Waals surface area contributed by atoms with Crippen molar-refractivity contribution in [2.24, 2.45) is 0 Å². The Morgan fingerprint density at radius 1 is 1.11 bits per heavy atom. The summed E-state index contributed by atoms with van der Waals surface area (Å²) in [4.78, 5) is 6.87. The van der Waals surface area contributed by atoms with Crippen LogP contribution in [0.1, 0.15) is 5.56 Å². The highest BCUT2D eigenvalue weighted by molar-refractivity contribution is 5.94. The molecule has 0 aliphatic heterocycles. The molecule has 10 heteroatoms. The zero-order valence-corrected chi connectivity index (χ0v) is 13.7. The van der Waals surface area contributed by atoms with Gasteiger partial charge in [-0.2, -0.15) is 13.2 Å². The molecule has 0 amide bonds. The molecule has 2 heterocycles. The Balaban J connectivity index is 1.82. The van der Waals surface area contributed by atoms with Crippen molar-refractivity contribution in [2.75, 3.05) is 17.8 Å². The molecule has 0 unspecified atom stereocenters. The Morgan fingerprint density at radius 3 is 2.59 bits per heavy atom. The first-order valence-corrected chi connectivity index (χ1v) is 7.78. The minimum Gasteiger partial charge on any atom is -0.357 e. The van der Waals surface area contributed by atoms with E-state index in [-0.39, 0.29) is 22.4 Å². The number of rotatable bonds is 3. The summed E-state index contributed by atoms with van der Waals surface area (Å²) in [6.07, 6.45) is -3.06. The number of H-pyrrole nitrogens is 1. The molecule has 2 aromatic heterocycles. The molecule has 0 atom stereocenters. The van der Waals surface area contributed by atoms with E-state index in [2.05, 4.69) is 20.7 Å². The summed E-state index contributed by atoms with van der Waals surface area (Å²) in [6.45, 7) is 0. The lowest BCUT2D eigenvalue weighted by atomic mass is 10.2. The van der Waals surface area contributed by atoms with Crippen molar-refractivity contribution in [2.45, 2.75) is 6.18 Å². The number of nitrogens with one attached hydrogen (secondary N) is 3. The van der Waals surface area contributed by atoms with Crippen LogP contribution in [0.4, 0.5) is 33.6 Å². The lowest BCUT2D eigenvalue weighted by Crippen LogP contribution is -2.12. The van der Waals surface area contributed by atoms with Crippen LogP contribution in [0.3, 0.4) is 0 Å². The van der Waals surface area contributed by atoms with Gasteiger partial charge in [-0.05, 0) is 24.3 Å². The molecule has 0 bridgehead atoms. The molecule has 0 saturated carbocycles. The van der Waals surface area contributed by atoms with Gasteiger partial charge in [0.25, 0.3) is 0 Å². The van der Waals surface area contributed by atoms with E-state index in [1.54, 1.807) is 7.05 Å². The first kappa shape index (κ1) is 17.1. The normalized spacial score (nSPS) is 12.1. The summed E-state index contributed by atoms with van der Waals surface area (Å²) in [6, 6.07) is 5.08. The van der Waals surface area contributed by atoms with Crippen molar-refractivity contribution in [1.29, 1.82) is 0 Å². The Morgan fingerprint density at radius 2 is 1.89 bits per heavy atom. The number of fused-ring (bicyclic) bond motifs is 2. The molecule has 0 aliphatic carbocycles. The molecule has 0 spiro atoms. The van der Waals surface area contributed by atoms with Gasteiger partial charge >= 0.3 is 6.18 Å². The fourth-order valence-electron chi connectivity index (χ4n) is 2.95. The summed E-state index contributed by atoms with van der Waals surface area (Å²) >= 11 is 0. The molecule has 4 rings (SSSR count).